The number of nitriles is 1. The summed E-state index contributed by atoms with van der Waals surface area (Å²) in [5.41, 5.74) is 6.88. The number of amides is 3. The van der Waals surface area contributed by atoms with Gasteiger partial charge in [-0.3, -0.25) is 9.59 Å². The standard InChI is InChI=1S/C23H24N4O4S2/c1-23(2,3)31-22(30)26-9-8-15-16(11-24)21(33-18(15)12-26)27-19(28)10-17(20(27)29)32-14-6-4-13(25)5-7-14/h4-7,17H,8-10,12,25H2,1-3H3. The normalized spacial score (nSPS) is 18.3. The number of benzene rings is 1. The van der Waals surface area contributed by atoms with Crippen LogP contribution in [0.25, 0.3) is 0 Å². The minimum atomic E-state index is -0.610. The quantitative estimate of drug-likeness (QED) is 0.518. The second-order valence-corrected chi connectivity index (χ2v) is 11.3. The minimum Gasteiger partial charge on any atom is -0.444 e. The summed E-state index contributed by atoms with van der Waals surface area (Å²) in [7, 11) is 0. The van der Waals surface area contributed by atoms with Crippen molar-refractivity contribution in [2.75, 3.05) is 17.2 Å². The number of thiophene rings is 1. The molecular formula is C23H24N4O4S2. The topological polar surface area (TPSA) is 117 Å². The highest BCUT2D eigenvalue weighted by Crippen LogP contribution is 2.43. The Bertz CT molecular complexity index is 1160. The van der Waals surface area contributed by atoms with Gasteiger partial charge in [0, 0.05) is 28.4 Å². The molecule has 2 aromatic rings. The van der Waals surface area contributed by atoms with Crippen LogP contribution in [0, 0.1) is 11.3 Å². The summed E-state index contributed by atoms with van der Waals surface area (Å²) in [6, 6.07) is 9.31. The SMILES string of the molecule is CC(C)(C)OC(=O)N1CCc2c(sc(N3C(=O)CC(Sc4ccc(N)cc4)C3=O)c2C#N)C1. The third kappa shape index (κ3) is 4.70. The number of nitrogens with two attached hydrogens (primary N) is 1. The van der Waals surface area contributed by atoms with E-state index < -0.39 is 16.9 Å². The van der Waals surface area contributed by atoms with Gasteiger partial charge in [0.25, 0.3) is 0 Å². The summed E-state index contributed by atoms with van der Waals surface area (Å²) in [6.45, 7) is 6.11. The Kier molecular flexibility index (Phi) is 6.12. The van der Waals surface area contributed by atoms with E-state index in [1.54, 1.807) is 37.8 Å². The zero-order valence-corrected chi connectivity index (χ0v) is 20.2. The van der Waals surface area contributed by atoms with Crippen molar-refractivity contribution in [3.8, 4) is 6.07 Å². The van der Waals surface area contributed by atoms with E-state index in [9.17, 15) is 19.6 Å². The zero-order chi connectivity index (χ0) is 23.9. The van der Waals surface area contributed by atoms with Gasteiger partial charge in [-0.05, 0) is 57.0 Å². The lowest BCUT2D eigenvalue weighted by Crippen LogP contribution is -2.39. The van der Waals surface area contributed by atoms with E-state index in [-0.39, 0.29) is 24.8 Å². The average Bonchev–Trinajstić information content (AvgIpc) is 3.23. The van der Waals surface area contributed by atoms with Crippen LogP contribution in [0.3, 0.4) is 0 Å². The molecule has 1 aromatic carbocycles. The fraction of sp³-hybridized carbons (Fsp3) is 0.391. The number of fused-ring (bicyclic) bond motifs is 1. The molecule has 0 saturated carbocycles. The number of carbonyl (C=O) groups excluding carboxylic acids is 3. The predicted molar refractivity (Wildman–Crippen MR) is 127 cm³/mol. The zero-order valence-electron chi connectivity index (χ0n) is 18.6. The number of ether oxygens (including phenoxy) is 1. The smallest absolute Gasteiger partial charge is 0.410 e. The molecule has 0 radical (unpaired) electrons. The van der Waals surface area contributed by atoms with Crippen LogP contribution >= 0.6 is 23.1 Å². The highest BCUT2D eigenvalue weighted by Gasteiger charge is 2.43. The molecule has 4 rings (SSSR count). The van der Waals surface area contributed by atoms with Gasteiger partial charge in [0.1, 0.15) is 16.7 Å². The molecule has 2 aliphatic heterocycles. The second-order valence-electron chi connectivity index (χ2n) is 8.89. The van der Waals surface area contributed by atoms with Crippen molar-refractivity contribution in [2.45, 2.75) is 55.9 Å². The molecule has 0 bridgehead atoms. The molecule has 8 nitrogen and oxygen atoms in total. The van der Waals surface area contributed by atoms with Crippen LogP contribution in [0.4, 0.5) is 15.5 Å². The fourth-order valence-electron chi connectivity index (χ4n) is 3.76. The summed E-state index contributed by atoms with van der Waals surface area (Å²) in [5, 5.41) is 9.62. The summed E-state index contributed by atoms with van der Waals surface area (Å²) in [5.74, 6) is -0.659. The van der Waals surface area contributed by atoms with Crippen LogP contribution in [0.2, 0.25) is 0 Å². The monoisotopic (exact) mass is 484 g/mol. The van der Waals surface area contributed by atoms with E-state index in [2.05, 4.69) is 6.07 Å². The predicted octanol–water partition coefficient (Wildman–Crippen LogP) is 3.92. The number of anilines is 2. The van der Waals surface area contributed by atoms with Crippen LogP contribution in [0.5, 0.6) is 0 Å². The van der Waals surface area contributed by atoms with Gasteiger partial charge in [0.15, 0.2) is 0 Å². The summed E-state index contributed by atoms with van der Waals surface area (Å²) >= 11 is 2.54. The van der Waals surface area contributed by atoms with Gasteiger partial charge in [0.05, 0.1) is 17.4 Å². The molecule has 2 N–H and O–H groups in total. The molecule has 172 valence electrons. The first-order valence-corrected chi connectivity index (χ1v) is 12.2. The molecule has 10 heteroatoms. The number of rotatable bonds is 3. The van der Waals surface area contributed by atoms with E-state index in [1.807, 2.05) is 12.1 Å². The molecule has 3 heterocycles. The lowest BCUT2D eigenvalue weighted by atomic mass is 10.0. The second kappa shape index (κ2) is 8.72. The highest BCUT2D eigenvalue weighted by molar-refractivity contribution is 8.00. The molecule has 3 amide bonds. The van der Waals surface area contributed by atoms with Gasteiger partial charge in [-0.2, -0.15) is 5.26 Å². The first-order valence-electron chi connectivity index (χ1n) is 10.5. The van der Waals surface area contributed by atoms with E-state index in [0.717, 1.165) is 20.2 Å². The van der Waals surface area contributed by atoms with Gasteiger partial charge in [-0.15, -0.1) is 23.1 Å². The van der Waals surface area contributed by atoms with Crippen molar-refractivity contribution in [2.24, 2.45) is 0 Å². The molecule has 0 aliphatic carbocycles. The summed E-state index contributed by atoms with van der Waals surface area (Å²) in [4.78, 5) is 42.9. The molecule has 0 spiro atoms. The Balaban J connectivity index is 1.57. The third-order valence-corrected chi connectivity index (χ3v) is 7.67. The Morgan fingerprint density at radius 1 is 1.27 bits per heavy atom. The first-order chi connectivity index (χ1) is 15.6. The number of carbonyl (C=O) groups is 3. The minimum absolute atomic E-state index is 0.0609. The molecular weight excluding hydrogens is 460 g/mol. The number of nitrogen functional groups attached to an aromatic ring is 1. The van der Waals surface area contributed by atoms with Gasteiger partial charge in [-0.25, -0.2) is 9.69 Å². The van der Waals surface area contributed by atoms with Crippen LogP contribution in [-0.4, -0.2) is 40.2 Å². The van der Waals surface area contributed by atoms with Crippen LogP contribution in [-0.2, 0) is 27.3 Å². The van der Waals surface area contributed by atoms with Crippen molar-refractivity contribution in [1.29, 1.82) is 5.26 Å². The third-order valence-electron chi connectivity index (χ3n) is 5.27. The van der Waals surface area contributed by atoms with E-state index in [0.29, 0.717) is 29.2 Å². The molecule has 1 aromatic heterocycles. The Hall–Kier alpha value is -3.03. The summed E-state index contributed by atoms with van der Waals surface area (Å²) in [6.07, 6.45) is 0.106. The van der Waals surface area contributed by atoms with Crippen LogP contribution in [0.15, 0.2) is 29.2 Å². The number of nitrogens with zero attached hydrogens (tertiary/aromatic N) is 3. The van der Waals surface area contributed by atoms with Gasteiger partial charge >= 0.3 is 6.09 Å². The number of hydrogen-bond donors (Lipinski definition) is 1. The van der Waals surface area contributed by atoms with Gasteiger partial charge < -0.3 is 15.4 Å². The number of imide groups is 1. The van der Waals surface area contributed by atoms with Crippen LogP contribution < -0.4 is 10.6 Å². The van der Waals surface area contributed by atoms with Crippen molar-refractivity contribution in [3.63, 3.8) is 0 Å². The molecule has 1 saturated heterocycles. The van der Waals surface area contributed by atoms with E-state index in [4.69, 9.17) is 10.5 Å². The molecule has 1 atom stereocenters. The molecule has 1 unspecified atom stereocenters. The summed E-state index contributed by atoms with van der Waals surface area (Å²) < 4.78 is 5.46. The van der Waals surface area contributed by atoms with Crippen molar-refractivity contribution < 1.29 is 19.1 Å². The number of thioether (sulfide) groups is 1. The van der Waals surface area contributed by atoms with E-state index >= 15 is 0 Å². The van der Waals surface area contributed by atoms with Crippen molar-refractivity contribution in [3.05, 3.63) is 40.3 Å². The maximum Gasteiger partial charge on any atom is 0.410 e. The van der Waals surface area contributed by atoms with Gasteiger partial charge in [0.2, 0.25) is 11.8 Å². The van der Waals surface area contributed by atoms with Crippen molar-refractivity contribution in [1.82, 2.24) is 4.90 Å². The Labute approximate surface area is 200 Å². The Morgan fingerprint density at radius 2 is 1.97 bits per heavy atom. The maximum absolute atomic E-state index is 13.2. The largest absolute Gasteiger partial charge is 0.444 e. The first kappa shape index (κ1) is 23.1. The molecule has 1 fully saturated rings. The Morgan fingerprint density at radius 3 is 2.61 bits per heavy atom. The van der Waals surface area contributed by atoms with Gasteiger partial charge in [-0.1, -0.05) is 0 Å². The van der Waals surface area contributed by atoms with Crippen molar-refractivity contribution >= 4 is 51.7 Å². The maximum atomic E-state index is 13.2. The average molecular weight is 485 g/mol. The van der Waals surface area contributed by atoms with E-state index in [1.165, 1.54) is 23.1 Å². The lowest BCUT2D eigenvalue weighted by molar-refractivity contribution is -0.121. The lowest BCUT2D eigenvalue weighted by Gasteiger charge is -2.29. The molecule has 2 aliphatic rings. The number of hydrogen-bond acceptors (Lipinski definition) is 8. The highest BCUT2D eigenvalue weighted by atomic mass is 32.2. The van der Waals surface area contributed by atoms with Crippen LogP contribution in [0.1, 0.15) is 43.2 Å². The molecule has 33 heavy (non-hydrogen) atoms. The fourth-order valence-corrected chi connectivity index (χ4v) is 6.15.